The molecule has 4 rings (SSSR count). The van der Waals surface area contributed by atoms with Gasteiger partial charge in [-0.25, -0.2) is 13.6 Å². The normalized spacial score (nSPS) is 27.2. The van der Waals surface area contributed by atoms with Gasteiger partial charge in [0.2, 0.25) is 10.0 Å². The summed E-state index contributed by atoms with van der Waals surface area (Å²) in [6.45, 7) is 0.912. The van der Waals surface area contributed by atoms with E-state index >= 15 is 0 Å². The number of hydrogen-bond acceptors (Lipinski definition) is 4. The van der Waals surface area contributed by atoms with Crippen molar-refractivity contribution >= 4 is 15.7 Å². The molecule has 3 N–H and O–H groups in total. The first-order valence-electron chi connectivity index (χ1n) is 7.71. The van der Waals surface area contributed by atoms with Crippen LogP contribution in [0.5, 0.6) is 0 Å². The minimum absolute atomic E-state index is 0.166. The first kappa shape index (κ1) is 17.5. The number of nitrogens with two attached hydrogens (primary N) is 1. The maximum absolute atomic E-state index is 13.3. The number of nitrogens with one attached hydrogen (secondary N) is 1. The van der Waals surface area contributed by atoms with Gasteiger partial charge in [-0.05, 0) is 49.8 Å². The predicted molar refractivity (Wildman–Crippen MR) is 81.9 cm³/mol. The molecular formula is C15H19F3N2O3S. The Labute approximate surface area is 138 Å². The number of ether oxygens (including phenoxy) is 1. The van der Waals surface area contributed by atoms with Crippen LogP contribution in [0.25, 0.3) is 0 Å². The van der Waals surface area contributed by atoms with Crippen LogP contribution in [0.1, 0.15) is 31.2 Å². The average molecular weight is 364 g/mol. The Morgan fingerprint density at radius 3 is 2.46 bits per heavy atom. The number of alkyl halides is 3. The van der Waals surface area contributed by atoms with Crippen molar-refractivity contribution in [1.29, 1.82) is 0 Å². The Balaban J connectivity index is 1.84. The fourth-order valence-electron chi connectivity index (χ4n) is 3.38. The van der Waals surface area contributed by atoms with E-state index in [9.17, 15) is 21.6 Å². The van der Waals surface area contributed by atoms with Gasteiger partial charge in [-0.2, -0.15) is 13.2 Å². The van der Waals surface area contributed by atoms with Gasteiger partial charge in [0, 0.05) is 12.2 Å². The van der Waals surface area contributed by atoms with E-state index < -0.39 is 32.3 Å². The van der Waals surface area contributed by atoms with Crippen molar-refractivity contribution in [3.05, 3.63) is 23.8 Å². The Hall–Kier alpha value is -1.32. The van der Waals surface area contributed by atoms with Crippen molar-refractivity contribution in [3.63, 3.8) is 0 Å². The van der Waals surface area contributed by atoms with Crippen molar-refractivity contribution in [2.75, 3.05) is 18.5 Å². The number of halogens is 3. The molecule has 3 fully saturated rings. The molecule has 3 aliphatic rings. The standard InChI is InChI=1S/C15H19F3N2O3S/c16-15(17,18)12-7-11(24(19,21)22)1-2-13(12)20-9-14-5-3-10(4-6-14)8-23-14/h1-2,7,10,20H,3-6,8-9H2,(H2,19,21,22). The van der Waals surface area contributed by atoms with Crippen molar-refractivity contribution in [1.82, 2.24) is 0 Å². The van der Waals surface area contributed by atoms with Crippen LogP contribution in [0.3, 0.4) is 0 Å². The topological polar surface area (TPSA) is 81.4 Å². The number of hydrogen-bond donors (Lipinski definition) is 2. The van der Waals surface area contributed by atoms with E-state index in [1.165, 1.54) is 0 Å². The molecule has 2 aliphatic heterocycles. The molecule has 24 heavy (non-hydrogen) atoms. The lowest BCUT2D eigenvalue weighted by Crippen LogP contribution is -2.49. The molecule has 134 valence electrons. The van der Waals surface area contributed by atoms with Crippen molar-refractivity contribution in [3.8, 4) is 0 Å². The number of benzene rings is 1. The number of fused-ring (bicyclic) bond motifs is 3. The molecule has 1 aromatic rings. The quantitative estimate of drug-likeness (QED) is 0.861. The van der Waals surface area contributed by atoms with Gasteiger partial charge in [0.05, 0.1) is 22.7 Å². The van der Waals surface area contributed by atoms with E-state index in [-0.39, 0.29) is 12.2 Å². The van der Waals surface area contributed by atoms with Crippen molar-refractivity contribution in [2.24, 2.45) is 11.1 Å². The fourth-order valence-corrected chi connectivity index (χ4v) is 3.92. The second-order valence-electron chi connectivity index (χ2n) is 6.54. The molecule has 0 unspecified atom stereocenters. The molecule has 5 nitrogen and oxygen atoms in total. The van der Waals surface area contributed by atoms with E-state index in [4.69, 9.17) is 9.88 Å². The number of rotatable bonds is 4. The van der Waals surface area contributed by atoms with E-state index in [2.05, 4.69) is 5.32 Å². The summed E-state index contributed by atoms with van der Waals surface area (Å²) in [6.07, 6.45) is -0.995. The van der Waals surface area contributed by atoms with E-state index in [1.54, 1.807) is 0 Å². The molecular weight excluding hydrogens is 345 g/mol. The molecule has 0 aromatic heterocycles. The summed E-state index contributed by atoms with van der Waals surface area (Å²) in [5.74, 6) is 0.562. The third-order valence-electron chi connectivity index (χ3n) is 4.87. The molecule has 0 atom stereocenters. The number of anilines is 1. The van der Waals surface area contributed by atoms with Gasteiger partial charge in [-0.3, -0.25) is 0 Å². The van der Waals surface area contributed by atoms with Crippen LogP contribution in [0.4, 0.5) is 18.9 Å². The minimum Gasteiger partial charge on any atom is -0.382 e. The van der Waals surface area contributed by atoms with Crippen LogP contribution in [0, 0.1) is 5.92 Å². The van der Waals surface area contributed by atoms with Crippen LogP contribution >= 0.6 is 0 Å². The van der Waals surface area contributed by atoms with Gasteiger partial charge in [-0.15, -0.1) is 0 Å². The molecule has 1 aromatic carbocycles. The van der Waals surface area contributed by atoms with Crippen LogP contribution in [0.15, 0.2) is 23.1 Å². The van der Waals surface area contributed by atoms with Gasteiger partial charge in [-0.1, -0.05) is 0 Å². The molecule has 2 heterocycles. The van der Waals surface area contributed by atoms with Crippen molar-refractivity contribution in [2.45, 2.75) is 42.4 Å². The van der Waals surface area contributed by atoms with Gasteiger partial charge < -0.3 is 10.1 Å². The third-order valence-corrected chi connectivity index (χ3v) is 5.78. The van der Waals surface area contributed by atoms with Gasteiger partial charge >= 0.3 is 6.18 Å². The van der Waals surface area contributed by atoms with E-state index in [1.807, 2.05) is 0 Å². The zero-order valence-electron chi connectivity index (χ0n) is 12.9. The van der Waals surface area contributed by atoms with Gasteiger partial charge in [0.25, 0.3) is 0 Å². The summed E-state index contributed by atoms with van der Waals surface area (Å²) in [7, 11) is -4.20. The predicted octanol–water partition coefficient (Wildman–Crippen LogP) is 2.72. The SMILES string of the molecule is NS(=O)(=O)c1ccc(NCC23CCC(CC2)CO3)c(C(F)(F)F)c1. The summed E-state index contributed by atoms with van der Waals surface area (Å²) >= 11 is 0. The van der Waals surface area contributed by atoms with Gasteiger partial charge in [0.1, 0.15) is 0 Å². The summed E-state index contributed by atoms with van der Waals surface area (Å²) < 4.78 is 68.2. The second kappa shape index (κ2) is 5.89. The summed E-state index contributed by atoms with van der Waals surface area (Å²) in [6, 6.07) is 2.74. The highest BCUT2D eigenvalue weighted by atomic mass is 32.2. The molecule has 1 aliphatic carbocycles. The highest BCUT2D eigenvalue weighted by molar-refractivity contribution is 7.89. The molecule has 2 bridgehead atoms. The molecule has 0 spiro atoms. The first-order valence-corrected chi connectivity index (χ1v) is 9.26. The maximum Gasteiger partial charge on any atom is 0.418 e. The second-order valence-corrected chi connectivity index (χ2v) is 8.10. The first-order chi connectivity index (χ1) is 11.1. The van der Waals surface area contributed by atoms with Crippen LogP contribution < -0.4 is 10.5 Å². The lowest BCUT2D eigenvalue weighted by molar-refractivity contribution is -0.138. The fraction of sp³-hybridized carbons (Fsp3) is 0.600. The van der Waals surface area contributed by atoms with Gasteiger partial charge in [0.15, 0.2) is 0 Å². The zero-order chi connectivity index (χ0) is 17.6. The number of primary sulfonamides is 1. The molecule has 0 radical (unpaired) electrons. The maximum atomic E-state index is 13.3. The monoisotopic (exact) mass is 364 g/mol. The zero-order valence-corrected chi connectivity index (χ0v) is 13.7. The summed E-state index contributed by atoms with van der Waals surface area (Å²) in [4.78, 5) is -0.562. The molecule has 9 heteroatoms. The van der Waals surface area contributed by atoms with Crippen LogP contribution in [0.2, 0.25) is 0 Å². The van der Waals surface area contributed by atoms with Crippen LogP contribution in [-0.4, -0.2) is 27.2 Å². The highest BCUT2D eigenvalue weighted by Gasteiger charge is 2.42. The number of sulfonamides is 1. The Kier molecular flexibility index (Phi) is 4.29. The Morgan fingerprint density at radius 2 is 1.96 bits per heavy atom. The largest absolute Gasteiger partial charge is 0.418 e. The summed E-state index contributed by atoms with van der Waals surface area (Å²) in [5.41, 5.74) is -1.65. The summed E-state index contributed by atoms with van der Waals surface area (Å²) in [5, 5.41) is 7.73. The molecule has 2 saturated heterocycles. The highest BCUT2D eigenvalue weighted by Crippen LogP contribution is 2.42. The van der Waals surface area contributed by atoms with Crippen LogP contribution in [-0.2, 0) is 20.9 Å². The smallest absolute Gasteiger partial charge is 0.382 e. The lowest BCUT2D eigenvalue weighted by atomic mass is 9.76. The van der Waals surface area contributed by atoms with E-state index in [0.717, 1.165) is 37.8 Å². The lowest BCUT2D eigenvalue weighted by Gasteiger charge is -2.46. The Bertz CT molecular complexity index is 712. The molecule has 1 saturated carbocycles. The third kappa shape index (κ3) is 3.52. The van der Waals surface area contributed by atoms with E-state index in [0.29, 0.717) is 18.6 Å². The minimum atomic E-state index is -4.69. The Morgan fingerprint density at radius 1 is 1.29 bits per heavy atom. The molecule has 0 amide bonds. The van der Waals surface area contributed by atoms with Crippen molar-refractivity contribution < 1.29 is 26.3 Å². The average Bonchev–Trinajstić information content (AvgIpc) is 2.53.